The van der Waals surface area contributed by atoms with Crippen molar-refractivity contribution in [1.82, 2.24) is 5.32 Å². The summed E-state index contributed by atoms with van der Waals surface area (Å²) in [6, 6.07) is 0. The van der Waals surface area contributed by atoms with Gasteiger partial charge in [-0.2, -0.15) is 4.91 Å². The molecule has 5 nitrogen and oxygen atoms in total. The average Bonchev–Trinajstić information content (AvgIpc) is 2.39. The molecule has 0 radical (unpaired) electrons. The Kier molecular flexibility index (Phi) is 8.31. The highest BCUT2D eigenvalue weighted by Gasteiger charge is 2.22. The van der Waals surface area contributed by atoms with Crippen LogP contribution in [-0.2, 0) is 4.74 Å². The highest BCUT2D eigenvalue weighted by Crippen LogP contribution is 2.29. The van der Waals surface area contributed by atoms with Crippen LogP contribution >= 0.6 is 0 Å². The Morgan fingerprint density at radius 3 is 2.30 bits per heavy atom. The molecule has 0 bridgehead atoms. The monoisotopic (exact) mass is 320 g/mol. The molecule has 23 heavy (non-hydrogen) atoms. The van der Waals surface area contributed by atoms with E-state index in [4.69, 9.17) is 11.2 Å². The van der Waals surface area contributed by atoms with Crippen molar-refractivity contribution in [3.05, 3.63) is 28.2 Å². The second-order valence-corrected chi connectivity index (χ2v) is 7.13. The second-order valence-electron chi connectivity index (χ2n) is 7.13. The molecule has 5 heteroatoms. The van der Waals surface area contributed by atoms with Crippen LogP contribution in [0.25, 0.3) is 0 Å². The third kappa shape index (κ3) is 9.51. The molecule has 0 spiro atoms. The minimum atomic E-state index is -0.554. The van der Waals surface area contributed by atoms with E-state index in [2.05, 4.69) is 16.4 Å². The number of rotatable bonds is 7. The van der Waals surface area contributed by atoms with Gasteiger partial charge in [0.25, 0.3) is 0 Å². The summed E-state index contributed by atoms with van der Waals surface area (Å²) in [5.74, 6) is 2.49. The summed E-state index contributed by atoms with van der Waals surface area (Å²) in [6.07, 6.45) is 9.09. The lowest BCUT2D eigenvalue weighted by Crippen LogP contribution is -2.34. The van der Waals surface area contributed by atoms with E-state index in [-0.39, 0.29) is 18.5 Å². The van der Waals surface area contributed by atoms with Crippen molar-refractivity contribution in [3.63, 3.8) is 0 Å². The lowest BCUT2D eigenvalue weighted by Gasteiger charge is -2.24. The van der Waals surface area contributed by atoms with Gasteiger partial charge in [-0.1, -0.05) is 31.0 Å². The van der Waals surface area contributed by atoms with Crippen LogP contribution in [0.3, 0.4) is 0 Å². The van der Waals surface area contributed by atoms with E-state index in [1.165, 1.54) is 0 Å². The first-order valence-electron chi connectivity index (χ1n) is 7.61. The molecule has 0 saturated carbocycles. The topological polar surface area (TPSA) is 67.8 Å². The summed E-state index contributed by atoms with van der Waals surface area (Å²) in [5, 5.41) is 5.69. The van der Waals surface area contributed by atoms with E-state index in [0.29, 0.717) is 6.42 Å². The zero-order valence-electron chi connectivity index (χ0n) is 15.0. The lowest BCUT2D eigenvalue weighted by atomic mass is 9.83. The van der Waals surface area contributed by atoms with Gasteiger partial charge in [0.2, 0.25) is 0 Å². The molecule has 128 valence electrons. The van der Waals surface area contributed by atoms with Crippen LogP contribution in [0.15, 0.2) is 28.5 Å². The SMILES string of the molecule is C#C/C=C(CNC(=O)OC(C)(C)C)\C(=C/C)CC(C)(C)CN=O. The molecular formula is C18H28N2O3. The number of nitrogens with zero attached hydrogens (tertiary/aromatic N) is 1. The molecule has 0 aromatic rings. The first kappa shape index (κ1) is 20.9. The fraction of sp³-hybridized carbons (Fsp3) is 0.611. The van der Waals surface area contributed by atoms with Gasteiger partial charge in [0, 0.05) is 6.54 Å². The van der Waals surface area contributed by atoms with E-state index in [1.54, 1.807) is 26.8 Å². The van der Waals surface area contributed by atoms with E-state index in [0.717, 1.165) is 11.1 Å². The molecule has 0 aliphatic rings. The molecule has 0 saturated heterocycles. The molecule has 0 rings (SSSR count). The number of allylic oxidation sites excluding steroid dienone is 2. The maximum absolute atomic E-state index is 11.8. The number of terminal acetylenes is 1. The van der Waals surface area contributed by atoms with Gasteiger partial charge in [-0.05, 0) is 56.8 Å². The number of carbonyl (C=O) groups excluding carboxylic acids is 1. The van der Waals surface area contributed by atoms with Crippen LogP contribution in [0.5, 0.6) is 0 Å². The summed E-state index contributed by atoms with van der Waals surface area (Å²) >= 11 is 0. The maximum Gasteiger partial charge on any atom is 0.407 e. The normalized spacial score (nSPS) is 13.3. The largest absolute Gasteiger partial charge is 0.444 e. The highest BCUT2D eigenvalue weighted by molar-refractivity contribution is 5.68. The minimum Gasteiger partial charge on any atom is -0.444 e. The molecule has 0 aliphatic heterocycles. The van der Waals surface area contributed by atoms with Crippen molar-refractivity contribution >= 4 is 6.09 Å². The Bertz CT molecular complexity index is 517. The molecule has 0 unspecified atom stereocenters. The van der Waals surface area contributed by atoms with Crippen LogP contribution < -0.4 is 5.32 Å². The number of carbonyl (C=O) groups is 1. The predicted octanol–water partition coefficient (Wildman–Crippen LogP) is 4.20. The maximum atomic E-state index is 11.8. The standard InChI is InChI=1S/C18H28N2O3/c1-8-10-15(12-19-16(21)23-17(3,4)5)14(9-2)11-18(6,7)13-20-22/h1,9-10H,11-13H2,2-7H3,(H,19,21)/b14-9-,15-10-. The number of nitrogens with one attached hydrogen (secondary N) is 1. The van der Waals surface area contributed by atoms with E-state index in [9.17, 15) is 9.70 Å². The number of hydrogen-bond acceptors (Lipinski definition) is 4. The summed E-state index contributed by atoms with van der Waals surface area (Å²) in [4.78, 5) is 22.3. The van der Waals surface area contributed by atoms with Crippen LogP contribution in [0.4, 0.5) is 4.79 Å². The van der Waals surface area contributed by atoms with Crippen molar-refractivity contribution in [2.75, 3.05) is 13.1 Å². The van der Waals surface area contributed by atoms with Crippen LogP contribution in [0, 0.1) is 22.7 Å². The molecule has 0 atom stereocenters. The number of amides is 1. The van der Waals surface area contributed by atoms with E-state index in [1.807, 2.05) is 26.8 Å². The summed E-state index contributed by atoms with van der Waals surface area (Å²) < 4.78 is 5.21. The Morgan fingerprint density at radius 2 is 1.87 bits per heavy atom. The molecule has 1 amide bonds. The molecule has 0 aromatic heterocycles. The quantitative estimate of drug-likeness (QED) is 0.434. The summed E-state index contributed by atoms with van der Waals surface area (Å²) in [6.45, 7) is 11.7. The second kappa shape index (κ2) is 9.14. The van der Waals surface area contributed by atoms with Crippen molar-refractivity contribution < 1.29 is 9.53 Å². The van der Waals surface area contributed by atoms with Crippen LogP contribution in [-0.4, -0.2) is 24.8 Å². The highest BCUT2D eigenvalue weighted by atomic mass is 16.6. The number of ether oxygens (including phenoxy) is 1. The van der Waals surface area contributed by atoms with Gasteiger partial charge in [0.1, 0.15) is 5.60 Å². The van der Waals surface area contributed by atoms with Crippen molar-refractivity contribution in [3.8, 4) is 12.3 Å². The molecular weight excluding hydrogens is 292 g/mol. The molecule has 0 aromatic carbocycles. The van der Waals surface area contributed by atoms with Crippen molar-refractivity contribution in [2.24, 2.45) is 10.6 Å². The fourth-order valence-electron chi connectivity index (χ4n) is 1.99. The van der Waals surface area contributed by atoms with Crippen LogP contribution in [0.2, 0.25) is 0 Å². The molecule has 0 aliphatic carbocycles. The first-order chi connectivity index (χ1) is 10.5. The van der Waals surface area contributed by atoms with Gasteiger partial charge in [0.05, 0.1) is 6.54 Å². The number of alkyl carbamates (subject to hydrolysis) is 1. The van der Waals surface area contributed by atoms with Gasteiger partial charge in [-0.15, -0.1) is 6.42 Å². The Balaban J connectivity index is 4.97. The first-order valence-corrected chi connectivity index (χ1v) is 7.61. The van der Waals surface area contributed by atoms with E-state index >= 15 is 0 Å². The van der Waals surface area contributed by atoms with Crippen molar-refractivity contribution in [2.45, 2.75) is 53.6 Å². The van der Waals surface area contributed by atoms with Crippen LogP contribution in [0.1, 0.15) is 48.0 Å². The Hall–Kier alpha value is -2.09. The van der Waals surface area contributed by atoms with Gasteiger partial charge < -0.3 is 10.1 Å². The minimum absolute atomic E-state index is 0.215. The number of nitroso groups, excluding NO2 is 1. The lowest BCUT2D eigenvalue weighted by molar-refractivity contribution is 0.0533. The van der Waals surface area contributed by atoms with Gasteiger partial charge >= 0.3 is 6.09 Å². The van der Waals surface area contributed by atoms with Gasteiger partial charge in [0.15, 0.2) is 0 Å². The number of hydrogen-bond donors (Lipinski definition) is 1. The zero-order chi connectivity index (χ0) is 18.1. The summed E-state index contributed by atoms with van der Waals surface area (Å²) in [7, 11) is 0. The third-order valence-corrected chi connectivity index (χ3v) is 3.00. The Labute approximate surface area is 139 Å². The molecule has 0 heterocycles. The average molecular weight is 320 g/mol. The van der Waals surface area contributed by atoms with Crippen molar-refractivity contribution in [1.29, 1.82) is 0 Å². The van der Waals surface area contributed by atoms with Gasteiger partial charge in [-0.3, -0.25) is 0 Å². The van der Waals surface area contributed by atoms with Gasteiger partial charge in [-0.25, -0.2) is 4.79 Å². The van der Waals surface area contributed by atoms with E-state index < -0.39 is 11.7 Å². The smallest absolute Gasteiger partial charge is 0.407 e. The molecule has 1 N–H and O–H groups in total. The zero-order valence-corrected chi connectivity index (χ0v) is 15.0. The third-order valence-electron chi connectivity index (χ3n) is 3.00. The molecule has 0 fully saturated rings. The summed E-state index contributed by atoms with van der Waals surface area (Å²) in [5.41, 5.74) is 0.970. The Morgan fingerprint density at radius 1 is 1.26 bits per heavy atom. The predicted molar refractivity (Wildman–Crippen MR) is 94.0 cm³/mol. The fourth-order valence-corrected chi connectivity index (χ4v) is 1.99.